The first-order valence-corrected chi connectivity index (χ1v) is 10.2. The third kappa shape index (κ3) is 4.92. The van der Waals surface area contributed by atoms with Gasteiger partial charge in [0.05, 0.1) is 0 Å². The van der Waals surface area contributed by atoms with Crippen molar-refractivity contribution in [1.29, 1.82) is 0 Å². The van der Waals surface area contributed by atoms with Crippen molar-refractivity contribution in [1.82, 2.24) is 9.80 Å². The molecule has 0 spiro atoms. The average molecular weight is 589 g/mol. The fraction of sp³-hybridized carbons (Fsp3) is 0.632. The second kappa shape index (κ2) is 9.61. The standard InChI is InChI=1S/C19H15ClF14N2O/c20-19(33,34)18(31,32)17(29,30)16(27,28)15(25,26)14(23,24)13(21,22)12(37)36-8-6-35(7-9-36)10-11-4-2-1-3-5-11/h1-5H,6-10H2. The van der Waals surface area contributed by atoms with E-state index in [1.807, 2.05) is 0 Å². The van der Waals surface area contributed by atoms with Gasteiger partial charge in [0, 0.05) is 32.7 Å². The van der Waals surface area contributed by atoms with Gasteiger partial charge in [-0.1, -0.05) is 30.3 Å². The van der Waals surface area contributed by atoms with E-state index in [1.54, 1.807) is 30.3 Å². The van der Waals surface area contributed by atoms with Crippen molar-refractivity contribution in [3.8, 4) is 0 Å². The summed E-state index contributed by atoms with van der Waals surface area (Å²) < 4.78 is 190. The van der Waals surface area contributed by atoms with E-state index in [-0.39, 0.29) is 24.5 Å². The zero-order valence-electron chi connectivity index (χ0n) is 17.9. The van der Waals surface area contributed by atoms with E-state index < -0.39 is 59.9 Å². The summed E-state index contributed by atoms with van der Waals surface area (Å²) in [6.07, 6.45) is 0. The number of halogens is 15. The Morgan fingerprint density at radius 2 is 1.05 bits per heavy atom. The number of hydrogen-bond donors (Lipinski definition) is 0. The van der Waals surface area contributed by atoms with Gasteiger partial charge in [0.25, 0.3) is 5.91 Å². The van der Waals surface area contributed by atoms with Crippen LogP contribution in [-0.2, 0) is 11.3 Å². The van der Waals surface area contributed by atoms with Crippen LogP contribution in [0.5, 0.6) is 0 Å². The molecule has 1 aromatic rings. The SMILES string of the molecule is O=C(N1CCN(Cc2ccccc2)CC1)C(F)(F)C(F)(F)C(F)(F)C(F)(F)C(F)(F)C(F)(F)C(F)(F)Cl. The van der Waals surface area contributed by atoms with E-state index in [0.29, 0.717) is 5.56 Å². The highest BCUT2D eigenvalue weighted by Crippen LogP contribution is 2.62. The predicted molar refractivity (Wildman–Crippen MR) is 98.8 cm³/mol. The lowest BCUT2D eigenvalue weighted by atomic mass is 9.90. The van der Waals surface area contributed by atoms with Gasteiger partial charge in [-0.05, 0) is 17.2 Å². The summed E-state index contributed by atoms with van der Waals surface area (Å²) >= 11 is 3.54. The molecule has 1 aliphatic heterocycles. The number of amides is 1. The lowest BCUT2D eigenvalue weighted by Gasteiger charge is -2.42. The van der Waals surface area contributed by atoms with Gasteiger partial charge in [-0.25, -0.2) is 0 Å². The third-order valence-corrected chi connectivity index (χ3v) is 5.74. The van der Waals surface area contributed by atoms with Crippen LogP contribution in [0, 0.1) is 0 Å². The molecule has 0 bridgehead atoms. The summed E-state index contributed by atoms with van der Waals surface area (Å²) in [4.78, 5) is 13.3. The smallest absolute Gasteiger partial charge is 0.335 e. The van der Waals surface area contributed by atoms with Crippen molar-refractivity contribution in [2.45, 2.75) is 47.5 Å². The number of rotatable bonds is 9. The van der Waals surface area contributed by atoms with Crippen LogP contribution in [0.3, 0.4) is 0 Å². The molecule has 1 aromatic carbocycles. The van der Waals surface area contributed by atoms with E-state index >= 15 is 0 Å². The zero-order valence-corrected chi connectivity index (χ0v) is 18.7. The molecule has 1 aliphatic rings. The lowest BCUT2D eigenvalue weighted by Crippen LogP contribution is -2.74. The first-order chi connectivity index (χ1) is 16.5. The molecule has 0 aliphatic carbocycles. The summed E-state index contributed by atoms with van der Waals surface area (Å²) in [7, 11) is 0. The molecule has 0 aromatic heterocycles. The van der Waals surface area contributed by atoms with Crippen molar-refractivity contribution < 1.29 is 66.3 Å². The molecule has 0 N–H and O–H groups in total. The van der Waals surface area contributed by atoms with E-state index in [9.17, 15) is 66.3 Å². The van der Waals surface area contributed by atoms with Gasteiger partial charge < -0.3 is 4.90 Å². The molecule has 18 heteroatoms. The summed E-state index contributed by atoms with van der Waals surface area (Å²) in [6, 6.07) is 8.24. The van der Waals surface area contributed by atoms with Crippen molar-refractivity contribution in [3.05, 3.63) is 35.9 Å². The Morgan fingerprint density at radius 1 is 0.649 bits per heavy atom. The van der Waals surface area contributed by atoms with Crippen LogP contribution in [-0.4, -0.2) is 82.8 Å². The molecular weight excluding hydrogens is 574 g/mol. The molecule has 1 amide bonds. The van der Waals surface area contributed by atoms with Gasteiger partial charge in [-0.3, -0.25) is 9.69 Å². The number of alkyl halides is 15. The van der Waals surface area contributed by atoms with E-state index in [0.717, 1.165) is 0 Å². The Kier molecular flexibility index (Phi) is 8.10. The molecule has 1 fully saturated rings. The van der Waals surface area contributed by atoms with Gasteiger partial charge in [0.15, 0.2) is 0 Å². The number of nitrogens with zero attached hydrogens (tertiary/aromatic N) is 2. The molecular formula is C19H15ClF14N2O. The van der Waals surface area contributed by atoms with Gasteiger partial charge in [0.1, 0.15) is 0 Å². The van der Waals surface area contributed by atoms with Gasteiger partial charge in [0.2, 0.25) is 0 Å². The molecule has 37 heavy (non-hydrogen) atoms. The fourth-order valence-corrected chi connectivity index (χ4v) is 3.37. The van der Waals surface area contributed by atoms with E-state index in [1.165, 1.54) is 4.90 Å². The predicted octanol–water partition coefficient (Wildman–Crippen LogP) is 5.97. The van der Waals surface area contributed by atoms with Gasteiger partial charge >= 0.3 is 40.9 Å². The Bertz CT molecular complexity index is 959. The normalized spacial score (nSPS) is 17.8. The third-order valence-electron chi connectivity index (χ3n) is 5.50. The summed E-state index contributed by atoms with van der Waals surface area (Å²) in [5.74, 6) is -50.0. The summed E-state index contributed by atoms with van der Waals surface area (Å²) in [6.45, 7) is -2.08. The first-order valence-electron chi connectivity index (χ1n) is 9.86. The fourth-order valence-electron chi connectivity index (χ4n) is 3.25. The van der Waals surface area contributed by atoms with Crippen LogP contribution in [0.1, 0.15) is 5.56 Å². The second-order valence-electron chi connectivity index (χ2n) is 8.00. The minimum atomic E-state index is -8.26. The van der Waals surface area contributed by atoms with Crippen LogP contribution in [0.25, 0.3) is 0 Å². The van der Waals surface area contributed by atoms with E-state index in [2.05, 4.69) is 11.6 Å². The highest BCUT2D eigenvalue weighted by Gasteiger charge is 2.93. The lowest BCUT2D eigenvalue weighted by molar-refractivity contribution is -0.432. The average Bonchev–Trinajstić information content (AvgIpc) is 2.78. The largest absolute Gasteiger partial charge is 0.393 e. The second-order valence-corrected chi connectivity index (χ2v) is 8.47. The molecule has 3 nitrogen and oxygen atoms in total. The van der Waals surface area contributed by atoms with Crippen LogP contribution in [0.4, 0.5) is 61.5 Å². The maximum absolute atomic E-state index is 14.2. The highest BCUT2D eigenvalue weighted by atomic mass is 35.5. The number of piperazine rings is 1. The highest BCUT2D eigenvalue weighted by molar-refractivity contribution is 6.22. The number of benzene rings is 1. The van der Waals surface area contributed by atoms with Crippen molar-refractivity contribution in [3.63, 3.8) is 0 Å². The molecule has 212 valence electrons. The first kappa shape index (κ1) is 31.2. The minimum Gasteiger partial charge on any atom is -0.335 e. The Hall–Kier alpha value is -2.04. The van der Waals surface area contributed by atoms with Crippen molar-refractivity contribution >= 4 is 17.5 Å². The van der Waals surface area contributed by atoms with Crippen LogP contribution >= 0.6 is 11.6 Å². The maximum Gasteiger partial charge on any atom is 0.393 e. The summed E-state index contributed by atoms with van der Waals surface area (Å²) in [5, 5.41) is -6.71. The zero-order chi connectivity index (χ0) is 28.9. The molecule has 0 saturated carbocycles. The molecule has 0 radical (unpaired) electrons. The molecule has 1 heterocycles. The number of carbonyl (C=O) groups excluding carboxylic acids is 1. The Labute approximate surface area is 203 Å². The molecule has 0 unspecified atom stereocenters. The monoisotopic (exact) mass is 588 g/mol. The van der Waals surface area contributed by atoms with Gasteiger partial charge in [-0.2, -0.15) is 61.5 Å². The van der Waals surface area contributed by atoms with Crippen LogP contribution < -0.4 is 0 Å². The minimum absolute atomic E-state index is 0.150. The van der Waals surface area contributed by atoms with Crippen LogP contribution in [0.2, 0.25) is 0 Å². The summed E-state index contributed by atoms with van der Waals surface area (Å²) in [5.41, 5.74) is 0.696. The van der Waals surface area contributed by atoms with Crippen LogP contribution in [0.15, 0.2) is 30.3 Å². The number of hydrogen-bond acceptors (Lipinski definition) is 2. The maximum atomic E-state index is 14.2. The van der Waals surface area contributed by atoms with E-state index in [4.69, 9.17) is 0 Å². The van der Waals surface area contributed by atoms with Crippen molar-refractivity contribution in [2.75, 3.05) is 26.2 Å². The number of carbonyl (C=O) groups is 1. The quantitative estimate of drug-likeness (QED) is 0.262. The van der Waals surface area contributed by atoms with Gasteiger partial charge in [-0.15, -0.1) is 0 Å². The molecule has 2 rings (SSSR count). The topological polar surface area (TPSA) is 23.6 Å². The Morgan fingerprint density at radius 3 is 1.49 bits per heavy atom. The Balaban J connectivity index is 2.29. The molecule has 0 atom stereocenters. The molecule has 1 saturated heterocycles. The van der Waals surface area contributed by atoms with Crippen molar-refractivity contribution in [2.24, 2.45) is 0 Å².